The van der Waals surface area contributed by atoms with Crippen LogP contribution in [0.3, 0.4) is 0 Å². The molecule has 0 spiro atoms. The second-order valence-corrected chi connectivity index (χ2v) is 5.29. The topological polar surface area (TPSA) is 54.3 Å². The van der Waals surface area contributed by atoms with Gasteiger partial charge in [0.2, 0.25) is 0 Å². The van der Waals surface area contributed by atoms with E-state index in [1.807, 2.05) is 48.0 Å². The van der Waals surface area contributed by atoms with E-state index in [0.717, 1.165) is 29.7 Å². The lowest BCUT2D eigenvalue weighted by Gasteiger charge is -2.11. The van der Waals surface area contributed by atoms with E-state index in [9.17, 15) is 9.90 Å². The molecular weight excluding hydrogens is 252 g/mol. The lowest BCUT2D eigenvalue weighted by Crippen LogP contribution is -2.17. The summed E-state index contributed by atoms with van der Waals surface area (Å²) >= 11 is 0. The zero-order chi connectivity index (χ0) is 14.1. The van der Waals surface area contributed by atoms with Crippen molar-refractivity contribution in [2.75, 3.05) is 5.32 Å². The van der Waals surface area contributed by atoms with Crippen LogP contribution in [0.25, 0.3) is 0 Å². The Kier molecular flexibility index (Phi) is 3.32. The van der Waals surface area contributed by atoms with Crippen LogP contribution in [0.2, 0.25) is 0 Å². The molecule has 0 aliphatic heterocycles. The van der Waals surface area contributed by atoms with Gasteiger partial charge in [-0.1, -0.05) is 12.1 Å². The number of hydrogen-bond acceptors (Lipinski definition) is 2. The summed E-state index contributed by atoms with van der Waals surface area (Å²) in [7, 11) is 0. The van der Waals surface area contributed by atoms with Gasteiger partial charge in [0.15, 0.2) is 0 Å². The number of aliphatic hydroxyl groups excluding tert-OH is 1. The van der Waals surface area contributed by atoms with Crippen molar-refractivity contribution in [1.29, 1.82) is 0 Å². The second-order valence-electron chi connectivity index (χ2n) is 5.29. The minimum Gasteiger partial charge on any atom is -0.392 e. The Morgan fingerprint density at radius 1 is 1.40 bits per heavy atom. The number of nitrogens with zero attached hydrogens (tertiary/aromatic N) is 1. The van der Waals surface area contributed by atoms with E-state index in [2.05, 4.69) is 5.32 Å². The smallest absolute Gasteiger partial charge is 0.272 e. The molecule has 4 heteroatoms. The zero-order valence-corrected chi connectivity index (χ0v) is 11.5. The molecule has 2 aromatic rings. The first kappa shape index (κ1) is 12.9. The lowest BCUT2D eigenvalue weighted by atomic mass is 10.1. The third-order valence-corrected chi connectivity index (χ3v) is 3.68. The molecule has 1 heterocycles. The number of aliphatic hydroxyl groups is 1. The SMILES string of the molecule is Cc1ccc(CO)cc1NC(=O)c1cccn1C1CC1. The van der Waals surface area contributed by atoms with Crippen LogP contribution in [0.15, 0.2) is 36.5 Å². The predicted molar refractivity (Wildman–Crippen MR) is 77.8 cm³/mol. The maximum Gasteiger partial charge on any atom is 0.272 e. The molecule has 1 fully saturated rings. The number of amides is 1. The van der Waals surface area contributed by atoms with Gasteiger partial charge in [0, 0.05) is 17.9 Å². The molecule has 0 bridgehead atoms. The fourth-order valence-electron chi connectivity index (χ4n) is 2.35. The number of rotatable bonds is 4. The van der Waals surface area contributed by atoms with Crippen LogP contribution in [0.5, 0.6) is 0 Å². The van der Waals surface area contributed by atoms with E-state index in [1.54, 1.807) is 0 Å². The van der Waals surface area contributed by atoms with Crippen LogP contribution < -0.4 is 5.32 Å². The molecule has 1 aliphatic rings. The summed E-state index contributed by atoms with van der Waals surface area (Å²) in [5, 5.41) is 12.1. The van der Waals surface area contributed by atoms with Gasteiger partial charge in [-0.2, -0.15) is 0 Å². The highest BCUT2D eigenvalue weighted by Gasteiger charge is 2.26. The maximum atomic E-state index is 12.4. The molecule has 0 unspecified atom stereocenters. The van der Waals surface area contributed by atoms with E-state index in [0.29, 0.717) is 11.7 Å². The molecule has 0 saturated heterocycles. The van der Waals surface area contributed by atoms with Crippen LogP contribution in [0.4, 0.5) is 5.69 Å². The Hall–Kier alpha value is -2.07. The Labute approximate surface area is 118 Å². The Bertz CT molecular complexity index is 642. The molecule has 0 atom stereocenters. The summed E-state index contributed by atoms with van der Waals surface area (Å²) in [4.78, 5) is 12.4. The molecule has 2 N–H and O–H groups in total. The number of hydrogen-bond donors (Lipinski definition) is 2. The molecule has 1 saturated carbocycles. The van der Waals surface area contributed by atoms with Crippen molar-refractivity contribution in [2.45, 2.75) is 32.4 Å². The summed E-state index contributed by atoms with van der Waals surface area (Å²) in [6.45, 7) is 1.91. The van der Waals surface area contributed by atoms with E-state index in [4.69, 9.17) is 0 Å². The molecule has 1 aromatic carbocycles. The molecule has 20 heavy (non-hydrogen) atoms. The van der Waals surface area contributed by atoms with E-state index in [1.165, 1.54) is 0 Å². The molecule has 0 radical (unpaired) electrons. The summed E-state index contributed by atoms with van der Waals surface area (Å²) in [6.07, 6.45) is 4.26. The zero-order valence-electron chi connectivity index (χ0n) is 11.5. The number of nitrogens with one attached hydrogen (secondary N) is 1. The average Bonchev–Trinajstić information content (AvgIpc) is 3.18. The number of carbonyl (C=O) groups excluding carboxylic acids is 1. The first-order chi connectivity index (χ1) is 9.69. The molecule has 3 rings (SSSR count). The first-order valence-electron chi connectivity index (χ1n) is 6.87. The minimum atomic E-state index is -0.0971. The van der Waals surface area contributed by atoms with E-state index >= 15 is 0 Å². The quantitative estimate of drug-likeness (QED) is 0.897. The highest BCUT2D eigenvalue weighted by atomic mass is 16.3. The van der Waals surface area contributed by atoms with Crippen molar-refractivity contribution in [3.05, 3.63) is 53.3 Å². The van der Waals surface area contributed by atoms with Crippen molar-refractivity contribution >= 4 is 11.6 Å². The van der Waals surface area contributed by atoms with Gasteiger partial charge in [0.05, 0.1) is 6.61 Å². The number of anilines is 1. The highest BCUT2D eigenvalue weighted by Crippen LogP contribution is 2.36. The standard InChI is InChI=1S/C16H18N2O2/c1-11-4-5-12(10-19)9-14(11)17-16(20)15-3-2-8-18(15)13-6-7-13/h2-5,8-9,13,19H,6-7,10H2,1H3,(H,17,20). The monoisotopic (exact) mass is 270 g/mol. The van der Waals surface area contributed by atoms with Crippen LogP contribution in [0.1, 0.15) is 40.5 Å². The largest absolute Gasteiger partial charge is 0.392 e. The molecule has 1 aliphatic carbocycles. The van der Waals surface area contributed by atoms with Crippen LogP contribution in [-0.4, -0.2) is 15.6 Å². The fraction of sp³-hybridized carbons (Fsp3) is 0.312. The normalized spacial score (nSPS) is 14.3. The van der Waals surface area contributed by atoms with Gasteiger partial charge in [-0.05, 0) is 49.1 Å². The van der Waals surface area contributed by atoms with Gasteiger partial charge in [-0.3, -0.25) is 4.79 Å². The first-order valence-corrected chi connectivity index (χ1v) is 6.87. The summed E-state index contributed by atoms with van der Waals surface area (Å²) in [5.41, 5.74) is 3.23. The minimum absolute atomic E-state index is 0.0262. The molecule has 4 nitrogen and oxygen atoms in total. The molecule has 1 aromatic heterocycles. The van der Waals surface area contributed by atoms with Crippen molar-refractivity contribution < 1.29 is 9.90 Å². The molecular formula is C16H18N2O2. The third-order valence-electron chi connectivity index (χ3n) is 3.68. The number of carbonyl (C=O) groups is 1. The van der Waals surface area contributed by atoms with Crippen LogP contribution >= 0.6 is 0 Å². The number of aromatic nitrogens is 1. The van der Waals surface area contributed by atoms with Crippen molar-refractivity contribution in [2.24, 2.45) is 0 Å². The van der Waals surface area contributed by atoms with Crippen LogP contribution in [-0.2, 0) is 6.61 Å². The van der Waals surface area contributed by atoms with Crippen molar-refractivity contribution in [3.8, 4) is 0 Å². The summed E-state index contributed by atoms with van der Waals surface area (Å²) < 4.78 is 2.04. The van der Waals surface area contributed by atoms with Gasteiger partial charge in [0.25, 0.3) is 5.91 Å². The fourth-order valence-corrected chi connectivity index (χ4v) is 2.35. The Morgan fingerprint density at radius 3 is 2.90 bits per heavy atom. The van der Waals surface area contributed by atoms with Gasteiger partial charge in [0.1, 0.15) is 5.69 Å². The number of benzene rings is 1. The van der Waals surface area contributed by atoms with E-state index in [-0.39, 0.29) is 12.5 Å². The third kappa shape index (κ3) is 2.47. The molecule has 104 valence electrons. The number of aryl methyl sites for hydroxylation is 1. The van der Waals surface area contributed by atoms with Crippen LogP contribution in [0, 0.1) is 6.92 Å². The van der Waals surface area contributed by atoms with Crippen molar-refractivity contribution in [1.82, 2.24) is 4.57 Å². The van der Waals surface area contributed by atoms with Gasteiger partial charge in [-0.15, -0.1) is 0 Å². The van der Waals surface area contributed by atoms with E-state index < -0.39 is 0 Å². The average molecular weight is 270 g/mol. The predicted octanol–water partition coefficient (Wildman–Crippen LogP) is 2.88. The highest BCUT2D eigenvalue weighted by molar-refractivity contribution is 6.03. The Morgan fingerprint density at radius 2 is 2.20 bits per heavy atom. The maximum absolute atomic E-state index is 12.4. The van der Waals surface area contributed by atoms with Crippen molar-refractivity contribution in [3.63, 3.8) is 0 Å². The lowest BCUT2D eigenvalue weighted by molar-refractivity contribution is 0.101. The molecule has 1 amide bonds. The summed E-state index contributed by atoms with van der Waals surface area (Å²) in [5.74, 6) is -0.0971. The summed E-state index contributed by atoms with van der Waals surface area (Å²) in [6, 6.07) is 9.82. The van der Waals surface area contributed by atoms with Gasteiger partial charge < -0.3 is 15.0 Å². The van der Waals surface area contributed by atoms with Gasteiger partial charge >= 0.3 is 0 Å². The second kappa shape index (κ2) is 5.13. The Balaban J connectivity index is 1.83. The van der Waals surface area contributed by atoms with Gasteiger partial charge in [-0.25, -0.2) is 0 Å².